The number of fused-ring (bicyclic) bond motifs is 2. The van der Waals surface area contributed by atoms with E-state index in [9.17, 15) is 4.79 Å². The van der Waals surface area contributed by atoms with E-state index < -0.39 is 0 Å². The van der Waals surface area contributed by atoms with Crippen LogP contribution >= 0.6 is 12.6 Å². The van der Waals surface area contributed by atoms with E-state index in [2.05, 4.69) is 36.9 Å². The zero-order valence-electron chi connectivity index (χ0n) is 11.1. The summed E-state index contributed by atoms with van der Waals surface area (Å²) in [5, 5.41) is 1.59. The van der Waals surface area contributed by atoms with Crippen LogP contribution in [0.25, 0.3) is 21.9 Å². The van der Waals surface area contributed by atoms with Gasteiger partial charge in [0.1, 0.15) is 0 Å². The highest BCUT2D eigenvalue weighted by Crippen LogP contribution is 2.32. The van der Waals surface area contributed by atoms with Crippen LogP contribution in [0.5, 0.6) is 0 Å². The highest BCUT2D eigenvalue weighted by atomic mass is 32.1. The van der Waals surface area contributed by atoms with Crippen molar-refractivity contribution in [3.63, 3.8) is 0 Å². The van der Waals surface area contributed by atoms with Crippen molar-refractivity contribution in [2.45, 2.75) is 12.7 Å². The van der Waals surface area contributed by atoms with E-state index in [1.54, 1.807) is 0 Å². The summed E-state index contributed by atoms with van der Waals surface area (Å²) in [6.07, 6.45) is 1.49. The minimum Gasteiger partial charge on any atom is -0.431 e. The number of rotatable bonds is 1. The van der Waals surface area contributed by atoms with Gasteiger partial charge in [-0.1, -0.05) is 30.3 Å². The van der Waals surface area contributed by atoms with E-state index in [0.717, 1.165) is 16.5 Å². The molecule has 1 aromatic carbocycles. The molecule has 0 amide bonds. The van der Waals surface area contributed by atoms with E-state index in [1.165, 1.54) is 17.4 Å². The highest BCUT2D eigenvalue weighted by Gasteiger charge is 2.07. The maximum atomic E-state index is 11.4. The molecule has 1 heterocycles. The first-order chi connectivity index (χ1) is 9.69. The normalized spacial score (nSPS) is 10.9. The number of benzene rings is 2. The Morgan fingerprint density at radius 1 is 1.05 bits per heavy atom. The predicted molar refractivity (Wildman–Crippen MR) is 85.3 cm³/mol. The van der Waals surface area contributed by atoms with Gasteiger partial charge in [0, 0.05) is 5.75 Å². The molecule has 0 fully saturated rings. The minimum atomic E-state index is -0.283. The van der Waals surface area contributed by atoms with Gasteiger partial charge in [-0.25, -0.2) is 4.79 Å². The third-order valence-corrected chi connectivity index (χ3v) is 3.73. The molecule has 0 saturated carbocycles. The van der Waals surface area contributed by atoms with Crippen LogP contribution in [0.1, 0.15) is 11.1 Å². The quantitative estimate of drug-likeness (QED) is 0.530. The fourth-order valence-corrected chi connectivity index (χ4v) is 2.34. The molecule has 2 aliphatic rings. The van der Waals surface area contributed by atoms with Crippen LogP contribution in [-0.4, -0.2) is 0 Å². The number of thiol groups is 1. The largest absolute Gasteiger partial charge is 0.431 e. The Morgan fingerprint density at radius 3 is 2.35 bits per heavy atom. The number of aryl methyl sites for hydroxylation is 1. The van der Waals surface area contributed by atoms with Crippen LogP contribution < -0.4 is 5.63 Å². The smallest absolute Gasteiger partial charge is 0.343 e. The first-order valence-corrected chi connectivity index (χ1v) is 7.04. The summed E-state index contributed by atoms with van der Waals surface area (Å²) < 4.78 is 4.89. The molecule has 0 bridgehead atoms. The fourth-order valence-electron chi connectivity index (χ4n) is 2.15. The average molecular weight is 282 g/mol. The van der Waals surface area contributed by atoms with Gasteiger partial charge in [0.05, 0.1) is 11.6 Å². The predicted octanol–water partition coefficient (Wildman–Crippen LogP) is 4.20. The van der Waals surface area contributed by atoms with E-state index >= 15 is 0 Å². The van der Waals surface area contributed by atoms with Crippen molar-refractivity contribution in [1.82, 2.24) is 0 Å². The number of hydrogen-bond acceptors (Lipinski definition) is 3. The van der Waals surface area contributed by atoms with Gasteiger partial charge in [-0.2, -0.15) is 12.6 Å². The maximum absolute atomic E-state index is 11.4. The third kappa shape index (κ3) is 2.49. The lowest BCUT2D eigenvalue weighted by Crippen LogP contribution is -2.00. The van der Waals surface area contributed by atoms with Crippen LogP contribution in [0.3, 0.4) is 0 Å². The molecule has 2 aromatic rings. The van der Waals surface area contributed by atoms with Gasteiger partial charge >= 0.3 is 5.63 Å². The van der Waals surface area contributed by atoms with E-state index in [1.807, 2.05) is 25.1 Å². The average Bonchev–Trinajstić information content (AvgIpc) is 3.09. The van der Waals surface area contributed by atoms with Crippen LogP contribution in [0, 0.1) is 6.92 Å². The van der Waals surface area contributed by atoms with Crippen LogP contribution in [0.2, 0.25) is 0 Å². The third-order valence-electron chi connectivity index (χ3n) is 3.37. The first kappa shape index (κ1) is 13.0. The fraction of sp³-hybridized carbons (Fsp3) is 0.118. The zero-order chi connectivity index (χ0) is 14.1. The molecule has 1 aromatic heterocycles. The molecule has 4 rings (SSSR count). The Balaban J connectivity index is 0.000000165. The monoisotopic (exact) mass is 282 g/mol. The van der Waals surface area contributed by atoms with Gasteiger partial charge in [0.2, 0.25) is 0 Å². The summed E-state index contributed by atoms with van der Waals surface area (Å²) >= 11 is 4.16. The van der Waals surface area contributed by atoms with Crippen molar-refractivity contribution in [3.05, 3.63) is 70.3 Å². The van der Waals surface area contributed by atoms with Gasteiger partial charge < -0.3 is 4.42 Å². The van der Waals surface area contributed by atoms with E-state index in [4.69, 9.17) is 4.42 Å². The Labute approximate surface area is 122 Å². The number of hydrogen-bond donors (Lipinski definition) is 1. The van der Waals surface area contributed by atoms with Gasteiger partial charge in [0.25, 0.3) is 0 Å². The SMILES string of the molecule is Cc1coc(=O)c2cc(CS)ccc12.c1cc2cc-2c1. The van der Waals surface area contributed by atoms with Crippen molar-refractivity contribution in [3.8, 4) is 11.1 Å². The van der Waals surface area contributed by atoms with Crippen LogP contribution in [0.4, 0.5) is 0 Å². The summed E-state index contributed by atoms with van der Waals surface area (Å²) in [6, 6.07) is 14.2. The summed E-state index contributed by atoms with van der Waals surface area (Å²) in [6.45, 7) is 1.92. The molecule has 100 valence electrons. The Hall–Kier alpha value is -2.00. The molecule has 0 aliphatic heterocycles. The second-order valence-electron chi connectivity index (χ2n) is 4.83. The molecular formula is C17H14O2S. The van der Waals surface area contributed by atoms with E-state index in [0.29, 0.717) is 11.1 Å². The summed E-state index contributed by atoms with van der Waals surface area (Å²) in [5.74, 6) is 0.628. The van der Waals surface area contributed by atoms with Gasteiger partial charge in [0.15, 0.2) is 0 Å². The Morgan fingerprint density at radius 2 is 1.80 bits per heavy atom. The molecular weight excluding hydrogens is 268 g/mol. The second-order valence-corrected chi connectivity index (χ2v) is 5.14. The molecule has 2 nitrogen and oxygen atoms in total. The maximum Gasteiger partial charge on any atom is 0.343 e. The standard InChI is InChI=1S/C11H10O2S.C6H4/c1-7-5-13-11(12)10-4-8(6-14)2-3-9(7)10;1-2-5-4-6(5)3-1/h2-5,14H,6H2,1H3;1-4H. The molecule has 2 aliphatic carbocycles. The summed E-state index contributed by atoms with van der Waals surface area (Å²) in [4.78, 5) is 11.4. The Kier molecular flexibility index (Phi) is 3.36. The Bertz CT molecular complexity index is 817. The lowest BCUT2D eigenvalue weighted by molar-refractivity contribution is 0.516. The van der Waals surface area contributed by atoms with Crippen molar-refractivity contribution in [2.24, 2.45) is 0 Å². The lowest BCUT2D eigenvalue weighted by Gasteiger charge is -2.01. The van der Waals surface area contributed by atoms with Crippen LogP contribution in [0.15, 0.2) is 57.9 Å². The topological polar surface area (TPSA) is 30.2 Å². The molecule has 20 heavy (non-hydrogen) atoms. The van der Waals surface area contributed by atoms with Crippen molar-refractivity contribution in [1.29, 1.82) is 0 Å². The van der Waals surface area contributed by atoms with Gasteiger partial charge in [-0.05, 0) is 46.7 Å². The molecule has 0 N–H and O–H groups in total. The van der Waals surface area contributed by atoms with Gasteiger partial charge in [-0.3, -0.25) is 0 Å². The van der Waals surface area contributed by atoms with Crippen molar-refractivity contribution >= 4 is 23.4 Å². The second kappa shape index (κ2) is 5.17. The van der Waals surface area contributed by atoms with E-state index in [-0.39, 0.29) is 5.63 Å². The molecule has 3 heteroatoms. The molecule has 0 atom stereocenters. The van der Waals surface area contributed by atoms with Crippen molar-refractivity contribution in [2.75, 3.05) is 0 Å². The molecule has 0 radical (unpaired) electrons. The lowest BCUT2D eigenvalue weighted by atomic mass is 10.1. The summed E-state index contributed by atoms with van der Waals surface area (Å²) in [5.41, 5.74) is 4.57. The van der Waals surface area contributed by atoms with Gasteiger partial charge in [-0.15, -0.1) is 0 Å². The highest BCUT2D eigenvalue weighted by molar-refractivity contribution is 7.79. The van der Waals surface area contributed by atoms with Crippen LogP contribution in [-0.2, 0) is 5.75 Å². The molecule has 0 unspecified atom stereocenters. The van der Waals surface area contributed by atoms with Crippen molar-refractivity contribution < 1.29 is 4.42 Å². The summed E-state index contributed by atoms with van der Waals surface area (Å²) in [7, 11) is 0. The first-order valence-electron chi connectivity index (χ1n) is 6.41. The molecule has 0 spiro atoms. The minimum absolute atomic E-state index is 0.283. The molecule has 0 saturated heterocycles. The zero-order valence-corrected chi connectivity index (χ0v) is 12.0.